The maximum absolute atomic E-state index is 12.2. The standard InChI is InChI=1S/C20H25N3O/c1-15-7-5-6-10-17(15)11-22-20(24)14-23-12-18(19(21)13-23)16-8-3-2-4-9-16/h2-10,18-19H,11-14,21H2,1H3,(H,22,24)/t18-,19+/m0/s1. The smallest absolute Gasteiger partial charge is 0.234 e. The van der Waals surface area contributed by atoms with Gasteiger partial charge in [0.15, 0.2) is 0 Å². The summed E-state index contributed by atoms with van der Waals surface area (Å²) in [6.07, 6.45) is 0. The molecule has 1 amide bonds. The summed E-state index contributed by atoms with van der Waals surface area (Å²) in [7, 11) is 0. The minimum atomic E-state index is 0.0548. The van der Waals surface area contributed by atoms with Gasteiger partial charge in [-0.25, -0.2) is 0 Å². The van der Waals surface area contributed by atoms with Crippen LogP contribution in [0.5, 0.6) is 0 Å². The molecule has 1 saturated heterocycles. The Hall–Kier alpha value is -2.17. The quantitative estimate of drug-likeness (QED) is 0.885. The second-order valence-electron chi connectivity index (χ2n) is 6.58. The average molecular weight is 323 g/mol. The molecule has 4 nitrogen and oxygen atoms in total. The van der Waals surface area contributed by atoms with Crippen molar-refractivity contribution in [2.24, 2.45) is 5.73 Å². The van der Waals surface area contributed by atoms with E-state index in [1.165, 1.54) is 11.1 Å². The second-order valence-corrected chi connectivity index (χ2v) is 6.58. The van der Waals surface area contributed by atoms with Gasteiger partial charge in [0, 0.05) is 31.6 Å². The Labute approximate surface area is 143 Å². The lowest BCUT2D eigenvalue weighted by Gasteiger charge is -2.16. The third-order valence-electron chi connectivity index (χ3n) is 4.77. The SMILES string of the molecule is Cc1ccccc1CNC(=O)CN1C[C@@H](N)[C@H](c2ccccc2)C1. The lowest BCUT2D eigenvalue weighted by molar-refractivity contribution is -0.122. The van der Waals surface area contributed by atoms with Crippen LogP contribution < -0.4 is 11.1 Å². The lowest BCUT2D eigenvalue weighted by Crippen LogP contribution is -2.37. The van der Waals surface area contributed by atoms with Crippen molar-refractivity contribution >= 4 is 5.91 Å². The van der Waals surface area contributed by atoms with Gasteiger partial charge < -0.3 is 11.1 Å². The second kappa shape index (κ2) is 7.60. The van der Waals surface area contributed by atoms with Gasteiger partial charge in [0.1, 0.15) is 0 Å². The number of likely N-dealkylation sites (tertiary alicyclic amines) is 1. The van der Waals surface area contributed by atoms with Crippen molar-refractivity contribution in [3.8, 4) is 0 Å². The van der Waals surface area contributed by atoms with Crippen LogP contribution in [0.15, 0.2) is 54.6 Å². The Kier molecular flexibility index (Phi) is 5.28. The largest absolute Gasteiger partial charge is 0.351 e. The number of amides is 1. The van der Waals surface area contributed by atoms with Gasteiger partial charge in [0.05, 0.1) is 6.54 Å². The summed E-state index contributed by atoms with van der Waals surface area (Å²) < 4.78 is 0. The number of nitrogens with zero attached hydrogens (tertiary/aromatic N) is 1. The van der Waals surface area contributed by atoms with Crippen molar-refractivity contribution < 1.29 is 4.79 Å². The average Bonchev–Trinajstić information content (AvgIpc) is 2.95. The molecule has 0 bridgehead atoms. The molecule has 3 N–H and O–H groups in total. The van der Waals surface area contributed by atoms with Crippen LogP contribution in [0.1, 0.15) is 22.6 Å². The molecule has 3 rings (SSSR count). The van der Waals surface area contributed by atoms with Gasteiger partial charge in [-0.2, -0.15) is 0 Å². The lowest BCUT2D eigenvalue weighted by atomic mass is 9.95. The summed E-state index contributed by atoms with van der Waals surface area (Å²) in [6.45, 7) is 4.64. The molecular weight excluding hydrogens is 298 g/mol. The van der Waals surface area contributed by atoms with Crippen molar-refractivity contribution in [3.05, 3.63) is 71.3 Å². The molecule has 126 valence electrons. The summed E-state index contributed by atoms with van der Waals surface area (Å²) >= 11 is 0. The monoisotopic (exact) mass is 323 g/mol. The van der Waals surface area contributed by atoms with Crippen LogP contribution >= 0.6 is 0 Å². The topological polar surface area (TPSA) is 58.4 Å². The van der Waals surface area contributed by atoms with Gasteiger partial charge in [0.25, 0.3) is 0 Å². The van der Waals surface area contributed by atoms with Gasteiger partial charge in [-0.05, 0) is 23.6 Å². The molecule has 0 saturated carbocycles. The predicted octanol–water partition coefficient (Wildman–Crippen LogP) is 2.04. The van der Waals surface area contributed by atoms with Crippen LogP contribution in [0.3, 0.4) is 0 Å². The fourth-order valence-electron chi connectivity index (χ4n) is 3.36. The molecule has 0 aromatic heterocycles. The highest BCUT2D eigenvalue weighted by Gasteiger charge is 2.31. The third kappa shape index (κ3) is 4.02. The Morgan fingerprint density at radius 3 is 2.58 bits per heavy atom. The molecule has 0 unspecified atom stereocenters. The van der Waals surface area contributed by atoms with Crippen LogP contribution in [0.4, 0.5) is 0 Å². The minimum Gasteiger partial charge on any atom is -0.351 e. The van der Waals surface area contributed by atoms with E-state index in [4.69, 9.17) is 5.73 Å². The van der Waals surface area contributed by atoms with E-state index < -0.39 is 0 Å². The molecule has 0 radical (unpaired) electrons. The molecule has 24 heavy (non-hydrogen) atoms. The number of hydrogen-bond donors (Lipinski definition) is 2. The molecule has 1 aliphatic rings. The first kappa shape index (κ1) is 16.7. The summed E-state index contributed by atoms with van der Waals surface area (Å²) in [6, 6.07) is 18.5. The molecule has 2 aromatic carbocycles. The van der Waals surface area contributed by atoms with E-state index >= 15 is 0 Å². The first-order valence-corrected chi connectivity index (χ1v) is 8.47. The number of hydrogen-bond acceptors (Lipinski definition) is 3. The fraction of sp³-hybridized carbons (Fsp3) is 0.350. The first-order valence-electron chi connectivity index (χ1n) is 8.47. The van der Waals surface area contributed by atoms with E-state index in [2.05, 4.69) is 35.3 Å². The maximum atomic E-state index is 12.2. The maximum Gasteiger partial charge on any atom is 0.234 e. The van der Waals surface area contributed by atoms with Gasteiger partial charge in [-0.3, -0.25) is 9.69 Å². The van der Waals surface area contributed by atoms with E-state index in [9.17, 15) is 4.79 Å². The molecule has 0 aliphatic carbocycles. The van der Waals surface area contributed by atoms with E-state index in [0.717, 1.165) is 18.7 Å². The molecular formula is C20H25N3O. The minimum absolute atomic E-state index is 0.0548. The number of benzene rings is 2. The molecule has 2 atom stereocenters. The van der Waals surface area contributed by atoms with Crippen molar-refractivity contribution in [2.75, 3.05) is 19.6 Å². The van der Waals surface area contributed by atoms with Crippen LogP contribution in [0.2, 0.25) is 0 Å². The molecule has 0 spiro atoms. The highest BCUT2D eigenvalue weighted by Crippen LogP contribution is 2.25. The molecule has 2 aromatic rings. The molecule has 1 heterocycles. The highest BCUT2D eigenvalue weighted by molar-refractivity contribution is 5.78. The number of nitrogens with one attached hydrogen (secondary N) is 1. The Morgan fingerprint density at radius 2 is 1.83 bits per heavy atom. The molecule has 4 heteroatoms. The van der Waals surface area contributed by atoms with Gasteiger partial charge in [-0.15, -0.1) is 0 Å². The van der Waals surface area contributed by atoms with Crippen molar-refractivity contribution in [1.29, 1.82) is 0 Å². The zero-order chi connectivity index (χ0) is 16.9. The number of carbonyl (C=O) groups is 1. The van der Waals surface area contributed by atoms with Crippen LogP contribution in [-0.2, 0) is 11.3 Å². The van der Waals surface area contributed by atoms with Crippen molar-refractivity contribution in [1.82, 2.24) is 10.2 Å². The Balaban J connectivity index is 1.51. The zero-order valence-electron chi connectivity index (χ0n) is 14.1. The van der Waals surface area contributed by atoms with Crippen molar-refractivity contribution in [3.63, 3.8) is 0 Å². The van der Waals surface area contributed by atoms with E-state index in [1.807, 2.05) is 36.4 Å². The van der Waals surface area contributed by atoms with Crippen LogP contribution in [-0.4, -0.2) is 36.5 Å². The Morgan fingerprint density at radius 1 is 1.12 bits per heavy atom. The van der Waals surface area contributed by atoms with E-state index in [1.54, 1.807) is 0 Å². The van der Waals surface area contributed by atoms with Gasteiger partial charge in [-0.1, -0.05) is 54.6 Å². The number of rotatable bonds is 5. The van der Waals surface area contributed by atoms with Crippen LogP contribution in [0.25, 0.3) is 0 Å². The fourth-order valence-corrected chi connectivity index (χ4v) is 3.36. The summed E-state index contributed by atoms with van der Waals surface area (Å²) in [5.41, 5.74) is 9.90. The van der Waals surface area contributed by atoms with E-state index in [0.29, 0.717) is 19.0 Å². The van der Waals surface area contributed by atoms with E-state index in [-0.39, 0.29) is 11.9 Å². The normalized spacial score (nSPS) is 20.9. The van der Waals surface area contributed by atoms with Gasteiger partial charge >= 0.3 is 0 Å². The number of carbonyl (C=O) groups excluding carboxylic acids is 1. The van der Waals surface area contributed by atoms with Crippen LogP contribution in [0, 0.1) is 6.92 Å². The number of aryl methyl sites for hydroxylation is 1. The van der Waals surface area contributed by atoms with Gasteiger partial charge in [0.2, 0.25) is 5.91 Å². The number of nitrogens with two attached hydrogens (primary N) is 1. The molecule has 1 fully saturated rings. The molecule has 1 aliphatic heterocycles. The first-order chi connectivity index (χ1) is 11.6. The van der Waals surface area contributed by atoms with Crippen molar-refractivity contribution in [2.45, 2.75) is 25.4 Å². The highest BCUT2D eigenvalue weighted by atomic mass is 16.2. The summed E-state index contributed by atoms with van der Waals surface area (Å²) in [5, 5.41) is 3.01. The summed E-state index contributed by atoms with van der Waals surface area (Å²) in [5.74, 6) is 0.356. The Bertz CT molecular complexity index is 686. The predicted molar refractivity (Wildman–Crippen MR) is 96.6 cm³/mol. The zero-order valence-corrected chi connectivity index (χ0v) is 14.1. The third-order valence-corrected chi connectivity index (χ3v) is 4.77. The summed E-state index contributed by atoms with van der Waals surface area (Å²) in [4.78, 5) is 14.4.